The number of rotatable bonds is 8. The van der Waals surface area contributed by atoms with Crippen molar-refractivity contribution in [2.75, 3.05) is 31.2 Å². The van der Waals surface area contributed by atoms with E-state index in [4.69, 9.17) is 9.47 Å². The van der Waals surface area contributed by atoms with Gasteiger partial charge in [-0.05, 0) is 23.8 Å². The zero-order chi connectivity index (χ0) is 22.2. The molecular weight excluding hydrogens is 404 g/mol. The summed E-state index contributed by atoms with van der Waals surface area (Å²) >= 11 is 0. The average Bonchev–Trinajstić information content (AvgIpc) is 2.85. The van der Waals surface area contributed by atoms with Gasteiger partial charge in [0.25, 0.3) is 0 Å². The SMILES string of the molecule is O=C(CCC(=O)N1CCOc2ccccc21)NCCOc1ccccc1-c1ccccc1. The number of nitrogens with one attached hydrogen (secondary N) is 1. The first kappa shape index (κ1) is 21.4. The van der Waals surface area contributed by atoms with Crippen molar-refractivity contribution in [2.45, 2.75) is 12.8 Å². The van der Waals surface area contributed by atoms with Gasteiger partial charge >= 0.3 is 0 Å². The van der Waals surface area contributed by atoms with E-state index in [0.29, 0.717) is 32.1 Å². The monoisotopic (exact) mass is 430 g/mol. The van der Waals surface area contributed by atoms with Gasteiger partial charge in [-0.15, -0.1) is 0 Å². The van der Waals surface area contributed by atoms with Crippen LogP contribution >= 0.6 is 0 Å². The van der Waals surface area contributed by atoms with E-state index in [2.05, 4.69) is 5.32 Å². The maximum atomic E-state index is 12.6. The molecule has 0 saturated carbocycles. The lowest BCUT2D eigenvalue weighted by molar-refractivity contribution is -0.125. The minimum Gasteiger partial charge on any atom is -0.491 e. The smallest absolute Gasteiger partial charge is 0.227 e. The highest BCUT2D eigenvalue weighted by atomic mass is 16.5. The third kappa shape index (κ3) is 5.27. The Balaban J connectivity index is 1.22. The van der Waals surface area contributed by atoms with Crippen molar-refractivity contribution in [3.63, 3.8) is 0 Å². The molecule has 0 radical (unpaired) electrons. The summed E-state index contributed by atoms with van der Waals surface area (Å²) in [5.74, 6) is 1.22. The molecule has 1 aliphatic heterocycles. The van der Waals surface area contributed by atoms with Gasteiger partial charge in [0, 0.05) is 18.4 Å². The van der Waals surface area contributed by atoms with Crippen molar-refractivity contribution in [3.05, 3.63) is 78.9 Å². The molecule has 6 heteroatoms. The molecule has 0 bridgehead atoms. The van der Waals surface area contributed by atoms with Gasteiger partial charge in [0.15, 0.2) is 0 Å². The summed E-state index contributed by atoms with van der Waals surface area (Å²) < 4.78 is 11.5. The molecule has 0 atom stereocenters. The topological polar surface area (TPSA) is 67.9 Å². The lowest BCUT2D eigenvalue weighted by Gasteiger charge is -2.29. The number of anilines is 1. The molecule has 0 unspecified atom stereocenters. The summed E-state index contributed by atoms with van der Waals surface area (Å²) in [5.41, 5.74) is 2.85. The van der Waals surface area contributed by atoms with Crippen LogP contribution in [0.25, 0.3) is 11.1 Å². The summed E-state index contributed by atoms with van der Waals surface area (Å²) in [6.45, 7) is 1.67. The molecule has 32 heavy (non-hydrogen) atoms. The molecule has 3 aromatic carbocycles. The Morgan fingerprint density at radius 2 is 1.66 bits per heavy atom. The maximum Gasteiger partial charge on any atom is 0.227 e. The van der Waals surface area contributed by atoms with Crippen LogP contribution in [0.2, 0.25) is 0 Å². The maximum absolute atomic E-state index is 12.6. The first-order valence-corrected chi connectivity index (χ1v) is 10.8. The first-order valence-electron chi connectivity index (χ1n) is 10.8. The molecule has 0 fully saturated rings. The third-order valence-corrected chi connectivity index (χ3v) is 5.25. The molecular formula is C26H26N2O4. The van der Waals surface area contributed by atoms with Gasteiger partial charge in [-0.1, -0.05) is 60.7 Å². The van der Waals surface area contributed by atoms with Crippen molar-refractivity contribution in [1.82, 2.24) is 5.32 Å². The quantitative estimate of drug-likeness (QED) is 0.548. The van der Waals surface area contributed by atoms with Gasteiger partial charge in [0.1, 0.15) is 24.7 Å². The Labute approximate surface area is 187 Å². The molecule has 1 heterocycles. The van der Waals surface area contributed by atoms with E-state index >= 15 is 0 Å². The lowest BCUT2D eigenvalue weighted by Crippen LogP contribution is -2.38. The normalized spacial score (nSPS) is 12.4. The molecule has 0 aromatic heterocycles. The number of hydrogen-bond donors (Lipinski definition) is 1. The highest BCUT2D eigenvalue weighted by molar-refractivity contribution is 5.97. The van der Waals surface area contributed by atoms with Gasteiger partial charge < -0.3 is 19.7 Å². The van der Waals surface area contributed by atoms with Crippen molar-refractivity contribution in [1.29, 1.82) is 0 Å². The summed E-state index contributed by atoms with van der Waals surface area (Å²) in [6.07, 6.45) is 0.289. The van der Waals surface area contributed by atoms with Crippen LogP contribution < -0.4 is 19.7 Å². The van der Waals surface area contributed by atoms with Crippen LogP contribution in [0.4, 0.5) is 5.69 Å². The predicted molar refractivity (Wildman–Crippen MR) is 124 cm³/mol. The number of ether oxygens (including phenoxy) is 2. The van der Waals surface area contributed by atoms with Crippen molar-refractivity contribution in [3.8, 4) is 22.6 Å². The van der Waals surface area contributed by atoms with Crippen LogP contribution in [0.15, 0.2) is 78.9 Å². The third-order valence-electron chi connectivity index (χ3n) is 5.25. The van der Waals surface area contributed by atoms with Crippen LogP contribution in [0, 0.1) is 0 Å². The van der Waals surface area contributed by atoms with Gasteiger partial charge in [-0.3, -0.25) is 9.59 Å². The Hall–Kier alpha value is -3.80. The second-order valence-corrected chi connectivity index (χ2v) is 7.42. The zero-order valence-electron chi connectivity index (χ0n) is 17.8. The number of nitrogens with zero attached hydrogens (tertiary/aromatic N) is 1. The fraction of sp³-hybridized carbons (Fsp3) is 0.231. The number of carbonyl (C=O) groups is 2. The Morgan fingerprint density at radius 1 is 0.906 bits per heavy atom. The van der Waals surface area contributed by atoms with E-state index in [9.17, 15) is 9.59 Å². The average molecular weight is 431 g/mol. The van der Waals surface area contributed by atoms with Crippen LogP contribution in [0.1, 0.15) is 12.8 Å². The summed E-state index contributed by atoms with van der Waals surface area (Å²) in [5, 5.41) is 2.83. The molecule has 0 spiro atoms. The highest BCUT2D eigenvalue weighted by Crippen LogP contribution is 2.31. The standard InChI is InChI=1S/C26H26N2O4/c29-25(14-15-26(30)28-17-19-32-24-13-7-5-11-22(24)28)27-16-18-31-23-12-6-4-10-21(23)20-8-2-1-3-9-20/h1-13H,14-19H2,(H,27,29). The second-order valence-electron chi connectivity index (χ2n) is 7.42. The van der Waals surface area contributed by atoms with E-state index in [1.165, 1.54) is 0 Å². The molecule has 164 valence electrons. The van der Waals surface area contributed by atoms with E-state index in [1.807, 2.05) is 78.9 Å². The van der Waals surface area contributed by atoms with Crippen molar-refractivity contribution < 1.29 is 19.1 Å². The summed E-state index contributed by atoms with van der Waals surface area (Å²) in [6, 6.07) is 25.3. The molecule has 2 amide bonds. The number of hydrogen-bond acceptors (Lipinski definition) is 4. The Kier molecular flexibility index (Phi) is 7.02. The van der Waals surface area contributed by atoms with E-state index < -0.39 is 0 Å². The van der Waals surface area contributed by atoms with Crippen molar-refractivity contribution in [2.24, 2.45) is 0 Å². The van der Waals surface area contributed by atoms with Gasteiger partial charge in [-0.2, -0.15) is 0 Å². The highest BCUT2D eigenvalue weighted by Gasteiger charge is 2.23. The molecule has 1 aliphatic rings. The van der Waals surface area contributed by atoms with Gasteiger partial charge in [0.05, 0.1) is 18.8 Å². The largest absolute Gasteiger partial charge is 0.491 e. The predicted octanol–water partition coefficient (Wildman–Crippen LogP) is 4.05. The number of para-hydroxylation sites is 3. The van der Waals surface area contributed by atoms with E-state index in [-0.39, 0.29) is 24.7 Å². The number of amides is 2. The van der Waals surface area contributed by atoms with Crippen LogP contribution in [0.3, 0.4) is 0 Å². The number of carbonyl (C=O) groups excluding carboxylic acids is 2. The molecule has 3 aromatic rings. The lowest BCUT2D eigenvalue weighted by atomic mass is 10.1. The molecule has 4 rings (SSSR count). The molecule has 0 aliphatic carbocycles. The van der Waals surface area contributed by atoms with Crippen LogP contribution in [0.5, 0.6) is 11.5 Å². The fourth-order valence-corrected chi connectivity index (χ4v) is 3.67. The Morgan fingerprint density at radius 3 is 2.53 bits per heavy atom. The molecule has 1 N–H and O–H groups in total. The first-order chi connectivity index (χ1) is 15.7. The zero-order valence-corrected chi connectivity index (χ0v) is 17.8. The van der Waals surface area contributed by atoms with Crippen molar-refractivity contribution >= 4 is 17.5 Å². The number of benzene rings is 3. The van der Waals surface area contributed by atoms with E-state index in [0.717, 1.165) is 22.6 Å². The molecule has 0 saturated heterocycles. The number of fused-ring (bicyclic) bond motifs is 1. The summed E-state index contributed by atoms with van der Waals surface area (Å²) in [7, 11) is 0. The fourth-order valence-electron chi connectivity index (χ4n) is 3.67. The Bertz CT molecular complexity index is 1070. The second kappa shape index (κ2) is 10.5. The minimum atomic E-state index is -0.167. The van der Waals surface area contributed by atoms with Gasteiger partial charge in [-0.25, -0.2) is 0 Å². The summed E-state index contributed by atoms with van der Waals surface area (Å²) in [4.78, 5) is 26.5. The minimum absolute atomic E-state index is 0.0797. The van der Waals surface area contributed by atoms with Crippen LogP contribution in [-0.2, 0) is 9.59 Å². The molecule has 6 nitrogen and oxygen atoms in total. The van der Waals surface area contributed by atoms with E-state index in [1.54, 1.807) is 4.90 Å². The van der Waals surface area contributed by atoms with Gasteiger partial charge in [0.2, 0.25) is 11.8 Å². The van der Waals surface area contributed by atoms with Crippen LogP contribution in [-0.4, -0.2) is 38.1 Å².